The first-order valence-electron chi connectivity index (χ1n) is 9.36. The van der Waals surface area contributed by atoms with Crippen molar-refractivity contribution in [3.8, 4) is 17.2 Å². The zero-order chi connectivity index (χ0) is 19.5. The highest BCUT2D eigenvalue weighted by Gasteiger charge is 2.33. The molecule has 1 aromatic heterocycles. The third kappa shape index (κ3) is 3.53. The average molecular weight is 399 g/mol. The number of hydrogen-bond donors (Lipinski definition) is 1. The summed E-state index contributed by atoms with van der Waals surface area (Å²) in [7, 11) is 3.37. The maximum atomic E-state index is 5.63. The molecule has 2 heterocycles. The number of hydrogen-bond acceptors (Lipinski definition) is 5. The quantitative estimate of drug-likeness (QED) is 0.645. The molecule has 0 spiro atoms. The first kappa shape index (κ1) is 18.6. The summed E-state index contributed by atoms with van der Waals surface area (Å²) >= 11 is 5.63. The largest absolute Gasteiger partial charge is 0.497 e. The van der Waals surface area contributed by atoms with Crippen LogP contribution in [0.2, 0.25) is 0 Å². The Labute approximate surface area is 169 Å². The highest BCUT2D eigenvalue weighted by atomic mass is 32.1. The fourth-order valence-corrected chi connectivity index (χ4v) is 4.12. The molecular weight excluding hydrogens is 374 g/mol. The first-order valence-corrected chi connectivity index (χ1v) is 9.77. The molecule has 2 aromatic carbocycles. The van der Waals surface area contributed by atoms with Crippen LogP contribution in [0.1, 0.15) is 24.4 Å². The average Bonchev–Trinajstić information content (AvgIpc) is 3.35. The van der Waals surface area contributed by atoms with Crippen molar-refractivity contribution >= 4 is 12.2 Å². The third-order valence-electron chi connectivity index (χ3n) is 5.29. The van der Waals surface area contributed by atoms with Gasteiger partial charge in [-0.15, -0.1) is 0 Å². The summed E-state index contributed by atoms with van der Waals surface area (Å²) in [5.41, 5.74) is 2.11. The lowest BCUT2D eigenvalue weighted by Gasteiger charge is -2.23. The Kier molecular flexibility index (Phi) is 5.40. The molecule has 1 N–H and O–H groups in total. The van der Waals surface area contributed by atoms with E-state index >= 15 is 0 Å². The van der Waals surface area contributed by atoms with Gasteiger partial charge in [0.15, 0.2) is 6.67 Å². The van der Waals surface area contributed by atoms with Gasteiger partial charge in [0.05, 0.1) is 32.0 Å². The van der Waals surface area contributed by atoms with Gasteiger partial charge < -0.3 is 14.4 Å². The van der Waals surface area contributed by atoms with Crippen molar-refractivity contribution in [3.63, 3.8) is 0 Å². The fourth-order valence-electron chi connectivity index (χ4n) is 3.88. The number of nitrogens with zero attached hydrogens (tertiary/aromatic N) is 4. The van der Waals surface area contributed by atoms with Gasteiger partial charge in [0.2, 0.25) is 4.77 Å². The van der Waals surface area contributed by atoms with E-state index in [-0.39, 0.29) is 0 Å². The number of nitrogens with one attached hydrogen (secondary N) is 1. The Balaban J connectivity index is 1.59. The van der Waals surface area contributed by atoms with Gasteiger partial charge in [-0.1, -0.05) is 18.2 Å². The maximum Gasteiger partial charge on any atom is 0.225 e. The van der Waals surface area contributed by atoms with Gasteiger partial charge in [-0.25, -0.2) is 0 Å². The smallest absolute Gasteiger partial charge is 0.225 e. The standard InChI is InChI=1S/C20H23N5O2S/c1-26-16-10-11-17(19(13-16)27-2)18-9-6-12-23(18)14-24-20(28)25(22-21-24)15-7-4-3-5-8-15/h3-5,7-8,10-11,13,18H,6,9,12,14H2,1-2H3/p+1/t18-/m1/s1. The summed E-state index contributed by atoms with van der Waals surface area (Å²) in [6.45, 7) is 1.73. The van der Waals surface area contributed by atoms with Crippen LogP contribution in [0, 0.1) is 4.77 Å². The topological polar surface area (TPSA) is 58.5 Å². The van der Waals surface area contributed by atoms with E-state index in [1.54, 1.807) is 18.9 Å². The Bertz CT molecular complexity index is 1000. The molecule has 0 aliphatic carbocycles. The molecule has 2 atom stereocenters. The molecule has 28 heavy (non-hydrogen) atoms. The minimum absolute atomic E-state index is 0.324. The maximum absolute atomic E-state index is 5.63. The van der Waals surface area contributed by atoms with Gasteiger partial charge in [0.1, 0.15) is 17.5 Å². The van der Waals surface area contributed by atoms with Gasteiger partial charge in [0.25, 0.3) is 0 Å². The number of benzene rings is 2. The number of quaternary nitrogens is 1. The summed E-state index contributed by atoms with van der Waals surface area (Å²) in [6.07, 6.45) is 2.24. The lowest BCUT2D eigenvalue weighted by atomic mass is 10.0. The second-order valence-corrected chi connectivity index (χ2v) is 7.24. The summed E-state index contributed by atoms with van der Waals surface area (Å²) in [5.74, 6) is 1.66. The first-order chi connectivity index (χ1) is 13.7. The van der Waals surface area contributed by atoms with Crippen LogP contribution in [0.4, 0.5) is 0 Å². The molecule has 146 valence electrons. The van der Waals surface area contributed by atoms with Gasteiger partial charge in [-0.3, -0.25) is 0 Å². The number of ether oxygens (including phenoxy) is 2. The molecule has 0 bridgehead atoms. The van der Waals surface area contributed by atoms with Gasteiger partial charge in [-0.2, -0.15) is 9.36 Å². The second-order valence-electron chi connectivity index (χ2n) is 6.88. The van der Waals surface area contributed by atoms with Crippen LogP contribution in [0.25, 0.3) is 5.69 Å². The van der Waals surface area contributed by atoms with Crippen LogP contribution < -0.4 is 14.4 Å². The summed E-state index contributed by atoms with van der Waals surface area (Å²) < 4.78 is 15.1. The van der Waals surface area contributed by atoms with Crippen LogP contribution >= 0.6 is 12.2 Å². The van der Waals surface area contributed by atoms with Crippen LogP contribution in [0.15, 0.2) is 48.5 Å². The second kappa shape index (κ2) is 8.12. The zero-order valence-corrected chi connectivity index (χ0v) is 16.9. The molecule has 1 aliphatic rings. The van der Waals surface area contributed by atoms with E-state index in [9.17, 15) is 0 Å². The molecule has 8 heteroatoms. The molecule has 1 aliphatic heterocycles. The monoisotopic (exact) mass is 398 g/mol. The van der Waals surface area contributed by atoms with E-state index in [4.69, 9.17) is 21.7 Å². The van der Waals surface area contributed by atoms with Gasteiger partial charge in [0, 0.05) is 18.9 Å². The van der Waals surface area contributed by atoms with Crippen molar-refractivity contribution in [3.05, 3.63) is 58.9 Å². The van der Waals surface area contributed by atoms with E-state index in [2.05, 4.69) is 16.5 Å². The third-order valence-corrected chi connectivity index (χ3v) is 5.68. The van der Waals surface area contributed by atoms with E-state index in [1.807, 2.05) is 47.1 Å². The molecule has 3 aromatic rings. The predicted octanol–water partition coefficient (Wildman–Crippen LogP) is 2.19. The molecular formula is C20H24N5O2S+. The molecule has 1 unspecified atom stereocenters. The van der Waals surface area contributed by atoms with E-state index in [1.165, 1.54) is 10.5 Å². The number of rotatable bonds is 6. The van der Waals surface area contributed by atoms with E-state index < -0.39 is 0 Å². The van der Waals surface area contributed by atoms with Crippen LogP contribution in [-0.4, -0.2) is 40.6 Å². The number of aromatic nitrogens is 4. The molecule has 7 nitrogen and oxygen atoms in total. The Morgan fingerprint density at radius 3 is 2.68 bits per heavy atom. The van der Waals surface area contributed by atoms with Gasteiger partial charge in [-0.05, 0) is 46.9 Å². The SMILES string of the molecule is COc1ccc([C@H]2CCC[NH+]2Cn2nnn(-c3ccccc3)c2=S)c(OC)c1. The fraction of sp³-hybridized carbons (Fsp3) is 0.350. The molecule has 0 amide bonds. The number of likely N-dealkylation sites (tertiary alicyclic amines) is 1. The van der Waals surface area contributed by atoms with E-state index in [0.717, 1.165) is 36.6 Å². The number of methoxy groups -OCH3 is 2. The molecule has 0 saturated carbocycles. The molecule has 1 saturated heterocycles. The van der Waals surface area contributed by atoms with Gasteiger partial charge >= 0.3 is 0 Å². The zero-order valence-electron chi connectivity index (χ0n) is 16.0. The summed E-state index contributed by atoms with van der Waals surface area (Å²) in [4.78, 5) is 1.40. The van der Waals surface area contributed by atoms with Crippen LogP contribution in [-0.2, 0) is 6.67 Å². The van der Waals surface area contributed by atoms with Crippen molar-refractivity contribution < 1.29 is 14.4 Å². The van der Waals surface area contributed by atoms with Crippen molar-refractivity contribution in [1.82, 2.24) is 19.8 Å². The minimum atomic E-state index is 0.324. The Hall–Kier alpha value is -2.71. The highest BCUT2D eigenvalue weighted by Crippen LogP contribution is 2.31. The van der Waals surface area contributed by atoms with Crippen LogP contribution in [0.3, 0.4) is 0 Å². The molecule has 0 radical (unpaired) electrons. The van der Waals surface area contributed by atoms with Crippen molar-refractivity contribution in [2.24, 2.45) is 0 Å². The van der Waals surface area contributed by atoms with Crippen molar-refractivity contribution in [2.75, 3.05) is 20.8 Å². The number of para-hydroxylation sites is 1. The van der Waals surface area contributed by atoms with Crippen LogP contribution in [0.5, 0.6) is 11.5 Å². The number of tetrazole rings is 1. The lowest BCUT2D eigenvalue weighted by Crippen LogP contribution is -3.09. The lowest BCUT2D eigenvalue weighted by molar-refractivity contribution is -0.941. The predicted molar refractivity (Wildman–Crippen MR) is 108 cm³/mol. The normalized spacial score (nSPS) is 18.9. The summed E-state index contributed by atoms with van der Waals surface area (Å²) in [6, 6.07) is 16.2. The Morgan fingerprint density at radius 1 is 1.11 bits per heavy atom. The van der Waals surface area contributed by atoms with Crippen molar-refractivity contribution in [2.45, 2.75) is 25.6 Å². The minimum Gasteiger partial charge on any atom is -0.497 e. The molecule has 4 rings (SSSR count). The Morgan fingerprint density at radius 2 is 1.93 bits per heavy atom. The molecule has 1 fully saturated rings. The highest BCUT2D eigenvalue weighted by molar-refractivity contribution is 7.71. The van der Waals surface area contributed by atoms with E-state index in [0.29, 0.717) is 17.5 Å². The summed E-state index contributed by atoms with van der Waals surface area (Å²) in [5, 5.41) is 8.56. The van der Waals surface area contributed by atoms with Crippen molar-refractivity contribution in [1.29, 1.82) is 0 Å².